The number of anilines is 1. The number of piperazine rings is 1. The number of hydrogen-bond donors (Lipinski definition) is 1. The molecule has 26 heavy (non-hydrogen) atoms. The van der Waals surface area contributed by atoms with E-state index in [-0.39, 0.29) is 17.4 Å². The Morgan fingerprint density at radius 2 is 1.96 bits per heavy atom. The number of nitrogens with zero attached hydrogens (tertiary/aromatic N) is 3. The highest BCUT2D eigenvalue weighted by Gasteiger charge is 2.25. The fourth-order valence-corrected chi connectivity index (χ4v) is 2.96. The maximum atomic E-state index is 14.1. The Morgan fingerprint density at radius 3 is 2.58 bits per heavy atom. The van der Waals surface area contributed by atoms with Crippen LogP contribution in [0.2, 0.25) is 0 Å². The second kappa shape index (κ2) is 7.65. The van der Waals surface area contributed by atoms with E-state index >= 15 is 0 Å². The Morgan fingerprint density at radius 1 is 1.23 bits per heavy atom. The van der Waals surface area contributed by atoms with E-state index in [1.54, 1.807) is 4.90 Å². The molecule has 0 aliphatic carbocycles. The molecule has 7 nitrogen and oxygen atoms in total. The van der Waals surface area contributed by atoms with Crippen LogP contribution in [0.1, 0.15) is 28.7 Å². The van der Waals surface area contributed by atoms with Gasteiger partial charge in [0.1, 0.15) is 5.82 Å². The van der Waals surface area contributed by atoms with E-state index in [1.165, 1.54) is 25.1 Å². The lowest BCUT2D eigenvalue weighted by atomic mass is 10.1. The first-order chi connectivity index (χ1) is 12.4. The molecule has 1 N–H and O–H groups in total. The molecule has 1 aromatic heterocycles. The third kappa shape index (κ3) is 4.26. The number of carbonyl (C=O) groups is 2. The van der Waals surface area contributed by atoms with Crippen LogP contribution in [-0.2, 0) is 11.3 Å². The summed E-state index contributed by atoms with van der Waals surface area (Å²) in [5.41, 5.74) is 1.21. The quantitative estimate of drug-likeness (QED) is 0.903. The fraction of sp³-hybridized carbons (Fsp3) is 0.389. The highest BCUT2D eigenvalue weighted by Crippen LogP contribution is 2.18. The lowest BCUT2D eigenvalue weighted by Gasteiger charge is -2.34. The van der Waals surface area contributed by atoms with Crippen molar-refractivity contribution in [1.29, 1.82) is 0 Å². The van der Waals surface area contributed by atoms with Crippen molar-refractivity contribution in [2.24, 2.45) is 0 Å². The van der Waals surface area contributed by atoms with Gasteiger partial charge in [-0.1, -0.05) is 5.16 Å². The Labute approximate surface area is 150 Å². The summed E-state index contributed by atoms with van der Waals surface area (Å²) in [5.74, 6) is -0.448. The van der Waals surface area contributed by atoms with Crippen molar-refractivity contribution >= 4 is 17.5 Å². The van der Waals surface area contributed by atoms with E-state index in [1.807, 2.05) is 13.0 Å². The normalized spacial score (nSPS) is 15.1. The monoisotopic (exact) mass is 360 g/mol. The zero-order valence-electron chi connectivity index (χ0n) is 14.8. The molecule has 2 amide bonds. The van der Waals surface area contributed by atoms with Crippen LogP contribution in [0.3, 0.4) is 0 Å². The number of rotatable bonds is 4. The summed E-state index contributed by atoms with van der Waals surface area (Å²) in [7, 11) is 0. The van der Waals surface area contributed by atoms with Crippen molar-refractivity contribution in [3.8, 4) is 0 Å². The van der Waals surface area contributed by atoms with Crippen molar-refractivity contribution < 1.29 is 18.5 Å². The van der Waals surface area contributed by atoms with Crippen molar-refractivity contribution in [2.75, 3.05) is 31.5 Å². The maximum Gasteiger partial charge on any atom is 0.256 e. The highest BCUT2D eigenvalue weighted by atomic mass is 19.1. The number of hydrogen-bond acceptors (Lipinski definition) is 5. The van der Waals surface area contributed by atoms with E-state index in [0.717, 1.165) is 11.5 Å². The van der Waals surface area contributed by atoms with Gasteiger partial charge in [-0.15, -0.1) is 0 Å². The van der Waals surface area contributed by atoms with Crippen molar-refractivity contribution in [3.63, 3.8) is 0 Å². The molecule has 0 atom stereocenters. The number of halogens is 1. The zero-order valence-corrected chi connectivity index (χ0v) is 14.8. The highest BCUT2D eigenvalue weighted by molar-refractivity contribution is 5.97. The SMILES string of the molecule is CC(=O)Nc1ccc(F)c(C(=O)N2CCN(Cc3cc(C)no3)CC2)c1. The summed E-state index contributed by atoms with van der Waals surface area (Å²) >= 11 is 0. The number of amides is 2. The van der Waals surface area contributed by atoms with Gasteiger partial charge < -0.3 is 14.7 Å². The van der Waals surface area contributed by atoms with Gasteiger partial charge in [0, 0.05) is 44.9 Å². The average molecular weight is 360 g/mol. The van der Waals surface area contributed by atoms with Gasteiger partial charge in [0.15, 0.2) is 5.76 Å². The molecule has 8 heteroatoms. The first-order valence-corrected chi connectivity index (χ1v) is 8.43. The smallest absolute Gasteiger partial charge is 0.256 e. The molecule has 1 aliphatic heterocycles. The molecule has 0 spiro atoms. The number of aryl methyl sites for hydroxylation is 1. The standard InChI is InChI=1S/C18H21FN4O3/c1-12-9-15(26-21-12)11-22-5-7-23(8-6-22)18(25)16-10-14(20-13(2)24)3-4-17(16)19/h3-4,9-10H,5-8,11H2,1-2H3,(H,20,24). The molecule has 0 bridgehead atoms. The number of aromatic nitrogens is 1. The summed E-state index contributed by atoms with van der Waals surface area (Å²) in [6, 6.07) is 5.90. The molecule has 1 aromatic carbocycles. The molecule has 2 heterocycles. The van der Waals surface area contributed by atoms with Gasteiger partial charge >= 0.3 is 0 Å². The minimum atomic E-state index is -0.594. The van der Waals surface area contributed by atoms with Gasteiger partial charge in [0.25, 0.3) is 5.91 Å². The predicted octanol–water partition coefficient (Wildman–Crippen LogP) is 2.04. The summed E-state index contributed by atoms with van der Waals surface area (Å²) in [6.07, 6.45) is 0. The molecular weight excluding hydrogens is 339 g/mol. The number of carbonyl (C=O) groups excluding carboxylic acids is 2. The minimum absolute atomic E-state index is 0.0319. The minimum Gasteiger partial charge on any atom is -0.360 e. The first-order valence-electron chi connectivity index (χ1n) is 8.43. The molecule has 1 aliphatic rings. The van der Waals surface area contributed by atoms with Gasteiger partial charge in [-0.3, -0.25) is 14.5 Å². The van der Waals surface area contributed by atoms with Crippen LogP contribution >= 0.6 is 0 Å². The van der Waals surface area contributed by atoms with Gasteiger partial charge in [0.05, 0.1) is 17.8 Å². The van der Waals surface area contributed by atoms with E-state index in [9.17, 15) is 14.0 Å². The molecule has 2 aromatic rings. The topological polar surface area (TPSA) is 78.7 Å². The largest absolute Gasteiger partial charge is 0.360 e. The summed E-state index contributed by atoms with van der Waals surface area (Å²) < 4.78 is 19.3. The third-order valence-corrected chi connectivity index (χ3v) is 4.23. The Hall–Kier alpha value is -2.74. The Kier molecular flexibility index (Phi) is 5.32. The van der Waals surface area contributed by atoms with Crippen LogP contribution in [0.5, 0.6) is 0 Å². The van der Waals surface area contributed by atoms with Gasteiger partial charge in [-0.05, 0) is 25.1 Å². The zero-order chi connectivity index (χ0) is 18.7. The lowest BCUT2D eigenvalue weighted by Crippen LogP contribution is -2.48. The molecule has 0 saturated carbocycles. The number of nitrogens with one attached hydrogen (secondary N) is 1. The molecule has 138 valence electrons. The predicted molar refractivity (Wildman–Crippen MR) is 93.1 cm³/mol. The molecule has 3 rings (SSSR count). The average Bonchev–Trinajstić information content (AvgIpc) is 3.01. The molecule has 1 saturated heterocycles. The first kappa shape index (κ1) is 18.1. The van der Waals surface area contributed by atoms with Gasteiger partial charge in [-0.2, -0.15) is 0 Å². The van der Waals surface area contributed by atoms with E-state index in [0.29, 0.717) is 38.4 Å². The van der Waals surface area contributed by atoms with Crippen LogP contribution in [0, 0.1) is 12.7 Å². The Bertz CT molecular complexity index is 813. The van der Waals surface area contributed by atoms with E-state index in [2.05, 4.69) is 15.4 Å². The van der Waals surface area contributed by atoms with Crippen LogP contribution in [0.25, 0.3) is 0 Å². The molecular formula is C18H21FN4O3. The van der Waals surface area contributed by atoms with E-state index < -0.39 is 5.82 Å². The molecule has 0 radical (unpaired) electrons. The summed E-state index contributed by atoms with van der Waals surface area (Å²) in [6.45, 7) is 6.19. The second-order valence-corrected chi connectivity index (χ2v) is 6.38. The van der Waals surface area contributed by atoms with Crippen molar-refractivity contribution in [1.82, 2.24) is 15.0 Å². The van der Waals surface area contributed by atoms with Gasteiger partial charge in [0.2, 0.25) is 5.91 Å². The van der Waals surface area contributed by atoms with Crippen LogP contribution in [0.15, 0.2) is 28.8 Å². The summed E-state index contributed by atoms with van der Waals surface area (Å²) in [4.78, 5) is 27.6. The second-order valence-electron chi connectivity index (χ2n) is 6.38. The molecule has 0 unspecified atom stereocenters. The van der Waals surface area contributed by atoms with E-state index in [4.69, 9.17) is 4.52 Å². The summed E-state index contributed by atoms with van der Waals surface area (Å²) in [5, 5.41) is 6.43. The maximum absolute atomic E-state index is 14.1. The Balaban J connectivity index is 1.62. The van der Waals surface area contributed by atoms with Gasteiger partial charge in [-0.25, -0.2) is 4.39 Å². The van der Waals surface area contributed by atoms with Crippen LogP contribution in [-0.4, -0.2) is 52.9 Å². The fourth-order valence-electron chi connectivity index (χ4n) is 2.96. The van der Waals surface area contributed by atoms with Crippen LogP contribution < -0.4 is 5.32 Å². The van der Waals surface area contributed by atoms with Crippen molar-refractivity contribution in [2.45, 2.75) is 20.4 Å². The van der Waals surface area contributed by atoms with Crippen molar-refractivity contribution in [3.05, 3.63) is 47.1 Å². The lowest BCUT2D eigenvalue weighted by molar-refractivity contribution is -0.114. The molecule has 1 fully saturated rings. The third-order valence-electron chi connectivity index (χ3n) is 4.23. The van der Waals surface area contributed by atoms with Crippen LogP contribution in [0.4, 0.5) is 10.1 Å². The number of benzene rings is 1.